The Morgan fingerprint density at radius 1 is 1.31 bits per heavy atom. The van der Waals surface area contributed by atoms with Crippen molar-refractivity contribution in [1.29, 1.82) is 0 Å². The van der Waals surface area contributed by atoms with Gasteiger partial charge in [0.05, 0.1) is 10.9 Å². The highest BCUT2D eigenvalue weighted by Crippen LogP contribution is 2.36. The summed E-state index contributed by atoms with van der Waals surface area (Å²) in [5, 5.41) is 0. The lowest BCUT2D eigenvalue weighted by atomic mass is 9.95. The summed E-state index contributed by atoms with van der Waals surface area (Å²) in [6.45, 7) is 2.01. The molecule has 26 heavy (non-hydrogen) atoms. The van der Waals surface area contributed by atoms with Gasteiger partial charge in [-0.25, -0.2) is 8.78 Å². The zero-order valence-corrected chi connectivity index (χ0v) is 16.4. The number of aromatic nitrogens is 2. The molecule has 4 rings (SSSR count). The molecule has 0 radical (unpaired) electrons. The first-order chi connectivity index (χ1) is 12.5. The molecular formula is C18H18BrF2N3OS. The number of hydrogen-bond donors (Lipinski definition) is 1. The second kappa shape index (κ2) is 6.88. The summed E-state index contributed by atoms with van der Waals surface area (Å²) in [6, 6.07) is 2.64. The first-order valence-corrected chi connectivity index (χ1v) is 9.87. The van der Waals surface area contributed by atoms with Gasteiger partial charge in [0.15, 0.2) is 4.77 Å². The maximum atomic E-state index is 14.5. The van der Waals surface area contributed by atoms with Crippen molar-refractivity contribution in [3.63, 3.8) is 0 Å². The van der Waals surface area contributed by atoms with Crippen molar-refractivity contribution in [2.45, 2.75) is 38.1 Å². The highest BCUT2D eigenvalue weighted by atomic mass is 79.9. The van der Waals surface area contributed by atoms with Crippen LogP contribution in [-0.2, 0) is 24.2 Å². The van der Waals surface area contributed by atoms with Crippen LogP contribution < -0.4 is 0 Å². The average Bonchev–Trinajstić information content (AvgIpc) is 3.31. The monoisotopic (exact) mass is 441 g/mol. The number of H-pyrrole nitrogens is 1. The molecule has 1 fully saturated rings. The van der Waals surface area contributed by atoms with E-state index in [1.165, 1.54) is 12.1 Å². The lowest BCUT2D eigenvalue weighted by Crippen LogP contribution is -2.29. The number of benzene rings is 1. The Bertz CT molecular complexity index is 933. The molecule has 1 atom stereocenters. The van der Waals surface area contributed by atoms with Gasteiger partial charge in [0.2, 0.25) is 5.91 Å². The van der Waals surface area contributed by atoms with E-state index in [0.717, 1.165) is 37.3 Å². The first-order valence-electron chi connectivity index (χ1n) is 8.67. The van der Waals surface area contributed by atoms with Crippen molar-refractivity contribution < 1.29 is 13.6 Å². The van der Waals surface area contributed by atoms with E-state index >= 15 is 0 Å². The molecule has 1 saturated heterocycles. The standard InChI is InChI=1S/C18H18BrF2N3OS/c19-11-3-4-12(20)16(17(11)21)10-7-14-13(22-18(26)24(14)9-10)8-15(25)23-5-1-2-6-23/h3-4,10H,1-2,5-9H2,(H,22,26). The Kier molecular flexibility index (Phi) is 4.73. The number of nitrogens with one attached hydrogen (secondary N) is 1. The molecule has 1 aromatic carbocycles. The van der Waals surface area contributed by atoms with E-state index in [0.29, 0.717) is 17.7 Å². The maximum Gasteiger partial charge on any atom is 0.228 e. The van der Waals surface area contributed by atoms with E-state index in [4.69, 9.17) is 12.2 Å². The van der Waals surface area contributed by atoms with Crippen LogP contribution in [0.3, 0.4) is 0 Å². The average molecular weight is 442 g/mol. The largest absolute Gasteiger partial charge is 0.342 e. The molecule has 1 N–H and O–H groups in total. The fourth-order valence-electron chi connectivity index (χ4n) is 3.99. The third-order valence-electron chi connectivity index (χ3n) is 5.29. The number of fused-ring (bicyclic) bond motifs is 1. The van der Waals surface area contributed by atoms with Crippen LogP contribution in [0.25, 0.3) is 0 Å². The van der Waals surface area contributed by atoms with Crippen molar-refractivity contribution in [2.75, 3.05) is 13.1 Å². The van der Waals surface area contributed by atoms with Crippen LogP contribution in [0.1, 0.15) is 35.7 Å². The van der Waals surface area contributed by atoms with E-state index in [1.54, 1.807) is 0 Å². The van der Waals surface area contributed by atoms with Crippen LogP contribution in [-0.4, -0.2) is 33.4 Å². The van der Waals surface area contributed by atoms with Gasteiger partial charge in [-0.1, -0.05) is 0 Å². The Balaban J connectivity index is 1.61. The van der Waals surface area contributed by atoms with Gasteiger partial charge in [-0.15, -0.1) is 0 Å². The number of amides is 1. The summed E-state index contributed by atoms with van der Waals surface area (Å²) in [5.74, 6) is -1.37. The number of rotatable bonds is 3. The minimum atomic E-state index is -0.564. The van der Waals surface area contributed by atoms with Gasteiger partial charge in [-0.2, -0.15) is 0 Å². The van der Waals surface area contributed by atoms with Crippen LogP contribution in [0.5, 0.6) is 0 Å². The van der Waals surface area contributed by atoms with Crippen LogP contribution >= 0.6 is 28.1 Å². The number of carbonyl (C=O) groups excluding carboxylic acids is 1. The molecule has 4 nitrogen and oxygen atoms in total. The fourth-order valence-corrected chi connectivity index (χ4v) is 4.64. The van der Waals surface area contributed by atoms with Gasteiger partial charge >= 0.3 is 0 Å². The van der Waals surface area contributed by atoms with Crippen LogP contribution in [0.2, 0.25) is 0 Å². The molecule has 2 aromatic rings. The number of carbonyl (C=O) groups is 1. The topological polar surface area (TPSA) is 41.0 Å². The lowest BCUT2D eigenvalue weighted by molar-refractivity contribution is -0.129. The second-order valence-corrected chi connectivity index (χ2v) is 8.13. The van der Waals surface area contributed by atoms with E-state index in [9.17, 15) is 13.6 Å². The molecule has 3 heterocycles. The molecule has 1 unspecified atom stereocenters. The summed E-state index contributed by atoms with van der Waals surface area (Å²) >= 11 is 8.49. The normalized spacial score (nSPS) is 19.2. The summed E-state index contributed by atoms with van der Waals surface area (Å²) in [6.07, 6.45) is 2.79. The van der Waals surface area contributed by atoms with Crippen LogP contribution in [0, 0.1) is 16.4 Å². The zero-order valence-electron chi connectivity index (χ0n) is 14.0. The van der Waals surface area contributed by atoms with E-state index in [1.807, 2.05) is 9.47 Å². The number of halogens is 3. The lowest BCUT2D eigenvalue weighted by Gasteiger charge is -2.15. The van der Waals surface area contributed by atoms with Gasteiger partial charge in [-0.3, -0.25) is 4.79 Å². The molecule has 0 saturated carbocycles. The maximum absolute atomic E-state index is 14.5. The molecule has 2 aliphatic heterocycles. The number of hydrogen-bond acceptors (Lipinski definition) is 2. The second-order valence-electron chi connectivity index (χ2n) is 6.89. The molecule has 2 aliphatic rings. The summed E-state index contributed by atoms with van der Waals surface area (Å²) in [7, 11) is 0. The van der Waals surface area contributed by atoms with Gasteiger partial charge < -0.3 is 14.5 Å². The first kappa shape index (κ1) is 17.9. The van der Waals surface area contributed by atoms with Crippen molar-refractivity contribution in [2.24, 2.45) is 0 Å². The van der Waals surface area contributed by atoms with Crippen LogP contribution in [0.15, 0.2) is 16.6 Å². The highest BCUT2D eigenvalue weighted by Gasteiger charge is 2.32. The Morgan fingerprint density at radius 2 is 2.04 bits per heavy atom. The fraction of sp³-hybridized carbons (Fsp3) is 0.444. The van der Waals surface area contributed by atoms with Crippen molar-refractivity contribution in [3.8, 4) is 0 Å². The molecular weight excluding hydrogens is 424 g/mol. The third-order valence-corrected chi connectivity index (χ3v) is 6.23. The van der Waals surface area contributed by atoms with Crippen molar-refractivity contribution >= 4 is 34.1 Å². The predicted octanol–water partition coefficient (Wildman–Crippen LogP) is 4.09. The molecule has 138 valence electrons. The molecule has 1 aromatic heterocycles. The minimum absolute atomic E-state index is 0.0745. The quantitative estimate of drug-likeness (QED) is 0.575. The molecule has 1 amide bonds. The summed E-state index contributed by atoms with van der Waals surface area (Å²) < 4.78 is 31.4. The van der Waals surface area contributed by atoms with E-state index in [-0.39, 0.29) is 28.3 Å². The minimum Gasteiger partial charge on any atom is -0.342 e. The Labute approximate surface area is 163 Å². The molecule has 8 heteroatoms. The van der Waals surface area contributed by atoms with Gasteiger partial charge in [0.1, 0.15) is 11.6 Å². The smallest absolute Gasteiger partial charge is 0.228 e. The van der Waals surface area contributed by atoms with Crippen LogP contribution in [0.4, 0.5) is 8.78 Å². The van der Waals surface area contributed by atoms with Crippen molar-refractivity contribution in [3.05, 3.63) is 50.0 Å². The van der Waals surface area contributed by atoms with Gasteiger partial charge in [0, 0.05) is 42.5 Å². The SMILES string of the molecule is O=C(Cc1[nH]c(=S)n2c1CC(c1c(F)ccc(Br)c1F)C2)N1CCCC1. The number of likely N-dealkylation sites (tertiary alicyclic amines) is 1. The van der Waals surface area contributed by atoms with E-state index < -0.39 is 11.6 Å². The predicted molar refractivity (Wildman–Crippen MR) is 99.6 cm³/mol. The summed E-state index contributed by atoms with van der Waals surface area (Å²) in [4.78, 5) is 17.4. The zero-order chi connectivity index (χ0) is 18.4. The van der Waals surface area contributed by atoms with Gasteiger partial charge in [0.25, 0.3) is 0 Å². The highest BCUT2D eigenvalue weighted by molar-refractivity contribution is 9.10. The van der Waals surface area contributed by atoms with E-state index in [2.05, 4.69) is 20.9 Å². The van der Waals surface area contributed by atoms with Gasteiger partial charge in [-0.05, 0) is 59.5 Å². The summed E-state index contributed by atoms with van der Waals surface area (Å²) in [5.41, 5.74) is 1.73. The Hall–Kier alpha value is -1.54. The third kappa shape index (κ3) is 3.03. The number of aromatic amines is 1. The number of imidazole rings is 1. The Morgan fingerprint density at radius 3 is 2.77 bits per heavy atom. The molecule has 0 spiro atoms. The molecule has 0 bridgehead atoms. The van der Waals surface area contributed by atoms with Crippen molar-refractivity contribution in [1.82, 2.24) is 14.5 Å². The molecule has 0 aliphatic carbocycles. The number of nitrogens with zero attached hydrogens (tertiary/aromatic N) is 2.